The van der Waals surface area contributed by atoms with E-state index in [2.05, 4.69) is 37.4 Å². The first kappa shape index (κ1) is 21.2. The number of nitrogens with zero attached hydrogens (tertiary/aromatic N) is 4. The molecule has 0 bridgehead atoms. The van der Waals surface area contributed by atoms with Crippen molar-refractivity contribution < 1.29 is 14.3 Å². The van der Waals surface area contributed by atoms with Crippen molar-refractivity contribution >= 4 is 32.9 Å². The maximum absolute atomic E-state index is 12.9. The lowest BCUT2D eigenvalue weighted by Gasteiger charge is -2.26. The third-order valence-electron chi connectivity index (χ3n) is 6.64. The summed E-state index contributed by atoms with van der Waals surface area (Å²) in [5.74, 6) is 1.65. The second-order valence-corrected chi connectivity index (χ2v) is 9.60. The van der Waals surface area contributed by atoms with Gasteiger partial charge in [0.15, 0.2) is 0 Å². The number of aromatic nitrogens is 3. The summed E-state index contributed by atoms with van der Waals surface area (Å²) in [6, 6.07) is 10.3. The molecule has 1 unspecified atom stereocenters. The third kappa shape index (κ3) is 3.96. The summed E-state index contributed by atoms with van der Waals surface area (Å²) in [7, 11) is 1.65. The Bertz CT molecular complexity index is 1140. The Morgan fingerprint density at radius 1 is 1.19 bits per heavy atom. The van der Waals surface area contributed by atoms with Crippen LogP contribution in [0.3, 0.4) is 0 Å². The van der Waals surface area contributed by atoms with Crippen LogP contribution < -0.4 is 9.47 Å². The molecule has 2 aliphatic rings. The van der Waals surface area contributed by atoms with Crippen molar-refractivity contribution in [1.29, 1.82) is 0 Å². The van der Waals surface area contributed by atoms with E-state index in [4.69, 9.17) is 9.47 Å². The SMILES string of the molecule is COc1ccc([C@@H](C)N2CC([C@@H](C)Oc3nc(Br)cc4ncn(C5CC5)c34)CC2=O)cc1. The lowest BCUT2D eigenvalue weighted by molar-refractivity contribution is -0.129. The van der Waals surface area contributed by atoms with Gasteiger partial charge in [0.2, 0.25) is 11.8 Å². The zero-order valence-corrected chi connectivity index (χ0v) is 20.1. The van der Waals surface area contributed by atoms with Gasteiger partial charge in [0.05, 0.1) is 25.0 Å². The highest BCUT2D eigenvalue weighted by molar-refractivity contribution is 9.10. The zero-order chi connectivity index (χ0) is 22.4. The molecule has 7 nitrogen and oxygen atoms in total. The van der Waals surface area contributed by atoms with Crippen LogP contribution in [0.2, 0.25) is 0 Å². The molecule has 0 spiro atoms. The van der Waals surface area contributed by atoms with Crippen molar-refractivity contribution in [2.24, 2.45) is 5.92 Å². The highest BCUT2D eigenvalue weighted by Crippen LogP contribution is 2.40. The minimum absolute atomic E-state index is 0.00222. The second-order valence-electron chi connectivity index (χ2n) is 8.78. The Labute approximate surface area is 195 Å². The van der Waals surface area contributed by atoms with Crippen LogP contribution in [0, 0.1) is 5.92 Å². The van der Waals surface area contributed by atoms with E-state index in [1.165, 1.54) is 0 Å². The fourth-order valence-electron chi connectivity index (χ4n) is 4.49. The average molecular weight is 499 g/mol. The quantitative estimate of drug-likeness (QED) is 0.432. The number of carbonyl (C=O) groups excluding carboxylic acids is 1. The largest absolute Gasteiger partial charge is 0.497 e. The van der Waals surface area contributed by atoms with Crippen molar-refractivity contribution in [1.82, 2.24) is 19.4 Å². The predicted molar refractivity (Wildman–Crippen MR) is 125 cm³/mol. The molecule has 5 rings (SSSR count). The van der Waals surface area contributed by atoms with E-state index < -0.39 is 0 Å². The summed E-state index contributed by atoms with van der Waals surface area (Å²) in [6.45, 7) is 4.76. The molecule has 3 aromatic rings. The van der Waals surface area contributed by atoms with E-state index >= 15 is 0 Å². The van der Waals surface area contributed by atoms with Crippen LogP contribution in [0.5, 0.6) is 11.6 Å². The average Bonchev–Trinajstić information content (AvgIpc) is 3.42. The molecule has 3 atom stereocenters. The lowest BCUT2D eigenvalue weighted by Crippen LogP contribution is -2.31. The van der Waals surface area contributed by atoms with Gasteiger partial charge >= 0.3 is 0 Å². The Morgan fingerprint density at radius 3 is 2.62 bits per heavy atom. The van der Waals surface area contributed by atoms with E-state index in [1.54, 1.807) is 7.11 Å². The second kappa shape index (κ2) is 8.39. The Morgan fingerprint density at radius 2 is 1.94 bits per heavy atom. The number of carbonyl (C=O) groups is 1. The van der Waals surface area contributed by atoms with Crippen LogP contribution in [-0.2, 0) is 4.79 Å². The highest BCUT2D eigenvalue weighted by atomic mass is 79.9. The van der Waals surface area contributed by atoms with Gasteiger partial charge in [-0.3, -0.25) is 4.79 Å². The maximum Gasteiger partial charge on any atom is 0.241 e. The number of likely N-dealkylation sites (tertiary alicyclic amines) is 1. The number of hydrogen-bond donors (Lipinski definition) is 0. The van der Waals surface area contributed by atoms with Crippen molar-refractivity contribution in [3.63, 3.8) is 0 Å². The maximum atomic E-state index is 12.9. The first-order valence-corrected chi connectivity index (χ1v) is 11.9. The highest BCUT2D eigenvalue weighted by Gasteiger charge is 2.37. The van der Waals surface area contributed by atoms with Gasteiger partial charge in [-0.25, -0.2) is 9.97 Å². The number of amides is 1. The van der Waals surface area contributed by atoms with Crippen LogP contribution in [0.1, 0.15) is 50.8 Å². The molecule has 32 heavy (non-hydrogen) atoms. The minimum atomic E-state index is -0.153. The van der Waals surface area contributed by atoms with E-state index in [0.717, 1.165) is 35.2 Å². The number of imidazole rings is 1. The van der Waals surface area contributed by atoms with Gasteiger partial charge in [0, 0.05) is 24.9 Å². The Hall–Kier alpha value is -2.61. The topological polar surface area (TPSA) is 69.5 Å². The molecule has 1 saturated carbocycles. The monoisotopic (exact) mass is 498 g/mol. The van der Waals surface area contributed by atoms with Gasteiger partial charge in [-0.2, -0.15) is 0 Å². The molecule has 8 heteroatoms. The number of halogens is 1. The molecular formula is C24H27BrN4O3. The molecule has 168 valence electrons. The molecule has 1 aliphatic carbocycles. The van der Waals surface area contributed by atoms with Crippen molar-refractivity contribution in [3.05, 3.63) is 46.8 Å². The third-order valence-corrected chi connectivity index (χ3v) is 7.05. The zero-order valence-electron chi connectivity index (χ0n) is 18.5. The standard InChI is InChI=1S/C24H27BrN4O3/c1-14(16-4-8-19(31-3)9-5-16)28-12-17(10-22(28)30)15(2)32-24-23-20(11-21(25)27-24)26-13-29(23)18-6-7-18/h4-5,8-9,11,13-15,17-18H,6-7,10,12H2,1-3H3/t14-,15-,17?/m1/s1. The number of fused-ring (bicyclic) bond motifs is 1. The number of rotatable bonds is 7. The summed E-state index contributed by atoms with van der Waals surface area (Å²) >= 11 is 3.48. The molecule has 1 aromatic carbocycles. The van der Waals surface area contributed by atoms with Crippen LogP contribution in [0.4, 0.5) is 0 Å². The van der Waals surface area contributed by atoms with Crippen molar-refractivity contribution in [2.45, 2.75) is 51.3 Å². The van der Waals surface area contributed by atoms with E-state index in [-0.39, 0.29) is 24.0 Å². The van der Waals surface area contributed by atoms with Gasteiger partial charge < -0.3 is 18.9 Å². The molecule has 3 heterocycles. The van der Waals surface area contributed by atoms with Gasteiger partial charge in [0.25, 0.3) is 0 Å². The van der Waals surface area contributed by atoms with Gasteiger partial charge in [-0.05, 0) is 66.4 Å². The normalized spacial score (nSPS) is 20.6. The molecule has 2 fully saturated rings. The smallest absolute Gasteiger partial charge is 0.241 e. The first-order chi connectivity index (χ1) is 15.4. The predicted octanol–water partition coefficient (Wildman–Crippen LogP) is 4.91. The number of ether oxygens (including phenoxy) is 2. The fourth-order valence-corrected chi connectivity index (χ4v) is 4.87. The van der Waals surface area contributed by atoms with Crippen LogP contribution in [0.25, 0.3) is 11.0 Å². The summed E-state index contributed by atoms with van der Waals surface area (Å²) in [5.41, 5.74) is 2.91. The minimum Gasteiger partial charge on any atom is -0.497 e. The van der Waals surface area contributed by atoms with E-state index in [0.29, 0.717) is 29.5 Å². The lowest BCUT2D eigenvalue weighted by atomic mass is 10.0. The van der Waals surface area contributed by atoms with Crippen molar-refractivity contribution in [3.8, 4) is 11.6 Å². The molecule has 1 aliphatic heterocycles. The van der Waals surface area contributed by atoms with Crippen LogP contribution in [-0.4, -0.2) is 45.1 Å². The van der Waals surface area contributed by atoms with E-state index in [9.17, 15) is 4.79 Å². The molecule has 1 saturated heterocycles. The van der Waals surface area contributed by atoms with Crippen molar-refractivity contribution in [2.75, 3.05) is 13.7 Å². The molecule has 1 amide bonds. The van der Waals surface area contributed by atoms with Gasteiger partial charge in [-0.15, -0.1) is 0 Å². The first-order valence-electron chi connectivity index (χ1n) is 11.1. The number of benzene rings is 1. The summed E-state index contributed by atoms with van der Waals surface area (Å²) < 4.78 is 14.5. The van der Waals surface area contributed by atoms with Gasteiger partial charge in [0.1, 0.15) is 22.0 Å². The summed E-state index contributed by atoms with van der Waals surface area (Å²) in [5, 5.41) is 0. The number of pyridine rings is 1. The van der Waals surface area contributed by atoms with Gasteiger partial charge in [-0.1, -0.05) is 12.1 Å². The van der Waals surface area contributed by atoms with Crippen LogP contribution >= 0.6 is 15.9 Å². The van der Waals surface area contributed by atoms with Crippen LogP contribution in [0.15, 0.2) is 41.3 Å². The summed E-state index contributed by atoms with van der Waals surface area (Å²) in [4.78, 5) is 24.0. The molecule has 2 aromatic heterocycles. The molecule has 0 radical (unpaired) electrons. The number of methoxy groups -OCH3 is 1. The number of hydrogen-bond acceptors (Lipinski definition) is 5. The van der Waals surface area contributed by atoms with E-state index in [1.807, 2.05) is 48.5 Å². The molecular weight excluding hydrogens is 472 g/mol. The Balaban J connectivity index is 1.33. The molecule has 0 N–H and O–H groups in total. The Kier molecular flexibility index (Phi) is 5.57. The fraction of sp³-hybridized carbons (Fsp3) is 0.458. The summed E-state index contributed by atoms with van der Waals surface area (Å²) in [6.07, 6.45) is 4.52.